The number of carbonyl (C=O) groups is 1. The first-order valence-corrected chi connectivity index (χ1v) is 13.0. The van der Waals surface area contributed by atoms with Crippen LogP contribution in [0.25, 0.3) is 12.2 Å². The number of aromatic nitrogens is 1. The zero-order valence-electron chi connectivity index (χ0n) is 18.7. The van der Waals surface area contributed by atoms with Gasteiger partial charge in [-0.2, -0.15) is 4.31 Å². The maximum atomic E-state index is 13.9. The molecule has 0 unspecified atom stereocenters. The molecule has 1 N–H and O–H groups in total. The summed E-state index contributed by atoms with van der Waals surface area (Å²) in [5, 5.41) is 6.64. The number of nitrogens with one attached hydrogen (secondary N) is 1. The second-order valence-corrected chi connectivity index (χ2v) is 10.9. The number of nitrogens with zero attached hydrogens (tertiary/aromatic N) is 2. The summed E-state index contributed by atoms with van der Waals surface area (Å²) in [6, 6.07) is 10.3. The van der Waals surface area contributed by atoms with E-state index in [4.69, 9.17) is 4.52 Å². The predicted molar refractivity (Wildman–Crippen MR) is 131 cm³/mol. The maximum absolute atomic E-state index is 13.9. The number of hydrogen-bond acceptors (Lipinski definition) is 5. The lowest BCUT2D eigenvalue weighted by Crippen LogP contribution is -2.41. The van der Waals surface area contributed by atoms with E-state index in [0.29, 0.717) is 18.5 Å². The van der Waals surface area contributed by atoms with Crippen molar-refractivity contribution in [2.75, 3.05) is 18.4 Å². The highest BCUT2D eigenvalue weighted by Gasteiger charge is 2.36. The monoisotopic (exact) mass is 565 g/mol. The molecule has 0 aliphatic carbocycles. The maximum Gasteiger partial charge on any atom is 0.248 e. The highest BCUT2D eigenvalue weighted by molar-refractivity contribution is 9.10. The van der Waals surface area contributed by atoms with E-state index in [1.807, 2.05) is 12.1 Å². The van der Waals surface area contributed by atoms with Crippen molar-refractivity contribution in [3.63, 3.8) is 0 Å². The van der Waals surface area contributed by atoms with Crippen LogP contribution in [0, 0.1) is 24.5 Å². The predicted octanol–water partition coefficient (Wildman–Crippen LogP) is 5.23. The van der Waals surface area contributed by atoms with Crippen LogP contribution in [0.15, 0.2) is 56.4 Å². The highest BCUT2D eigenvalue weighted by atomic mass is 79.9. The molecule has 2 aromatic carbocycles. The normalized spacial score (nSPS) is 15.5. The molecule has 35 heavy (non-hydrogen) atoms. The molecule has 0 bridgehead atoms. The van der Waals surface area contributed by atoms with Gasteiger partial charge in [0.2, 0.25) is 15.9 Å². The fourth-order valence-corrected chi connectivity index (χ4v) is 6.02. The van der Waals surface area contributed by atoms with Crippen LogP contribution in [-0.4, -0.2) is 36.9 Å². The third kappa shape index (κ3) is 5.68. The Labute approximate surface area is 210 Å². The number of sulfonamides is 1. The van der Waals surface area contributed by atoms with Crippen LogP contribution in [0.2, 0.25) is 0 Å². The number of benzene rings is 2. The van der Waals surface area contributed by atoms with E-state index in [9.17, 15) is 22.0 Å². The number of carbonyl (C=O) groups excluding carboxylic acids is 1. The van der Waals surface area contributed by atoms with Crippen molar-refractivity contribution in [2.24, 2.45) is 5.92 Å². The molecule has 0 saturated carbocycles. The lowest BCUT2D eigenvalue weighted by molar-refractivity contribution is -0.120. The van der Waals surface area contributed by atoms with Gasteiger partial charge in [0.15, 0.2) is 10.7 Å². The van der Waals surface area contributed by atoms with Crippen LogP contribution in [0.4, 0.5) is 14.5 Å². The Kier molecular flexibility index (Phi) is 7.48. The second-order valence-electron chi connectivity index (χ2n) is 8.14. The van der Waals surface area contributed by atoms with Crippen LogP contribution in [0.5, 0.6) is 0 Å². The number of piperidine rings is 1. The van der Waals surface area contributed by atoms with Crippen molar-refractivity contribution in [1.82, 2.24) is 9.46 Å². The van der Waals surface area contributed by atoms with Gasteiger partial charge in [-0.15, -0.1) is 0 Å². The summed E-state index contributed by atoms with van der Waals surface area (Å²) in [4.78, 5) is 12.5. The van der Waals surface area contributed by atoms with Gasteiger partial charge in [0, 0.05) is 40.8 Å². The smallest absolute Gasteiger partial charge is 0.248 e. The summed E-state index contributed by atoms with van der Waals surface area (Å²) < 4.78 is 61.2. The van der Waals surface area contributed by atoms with Crippen molar-refractivity contribution < 1.29 is 26.5 Å². The first-order valence-electron chi connectivity index (χ1n) is 10.8. The van der Waals surface area contributed by atoms with Crippen LogP contribution >= 0.6 is 15.9 Å². The molecular formula is C24H22BrF2N3O4S. The quantitative estimate of drug-likeness (QED) is 0.441. The number of halogens is 3. The van der Waals surface area contributed by atoms with E-state index in [2.05, 4.69) is 26.4 Å². The van der Waals surface area contributed by atoms with E-state index >= 15 is 0 Å². The Morgan fingerprint density at radius 2 is 1.91 bits per heavy atom. The van der Waals surface area contributed by atoms with E-state index in [1.54, 1.807) is 12.1 Å². The summed E-state index contributed by atoms with van der Waals surface area (Å²) in [5.74, 6) is -2.05. The minimum atomic E-state index is -3.98. The molecule has 0 radical (unpaired) electrons. The Balaban J connectivity index is 1.46. The van der Waals surface area contributed by atoms with Crippen molar-refractivity contribution in [1.29, 1.82) is 0 Å². The Bertz CT molecular complexity index is 1380. The van der Waals surface area contributed by atoms with Crippen molar-refractivity contribution in [3.05, 3.63) is 75.6 Å². The number of rotatable bonds is 6. The fraction of sp³-hybridized carbons (Fsp3) is 0.250. The SMILES string of the molecule is Cc1noc(C=Cc2ccc(F)cc2F)c1S(=O)(=O)N1CCC(C(=O)Nc2cccc(Br)c2)CC1. The van der Waals surface area contributed by atoms with Gasteiger partial charge in [0.05, 0.1) is 0 Å². The van der Waals surface area contributed by atoms with Gasteiger partial charge in [0.25, 0.3) is 0 Å². The highest BCUT2D eigenvalue weighted by Crippen LogP contribution is 2.30. The molecule has 1 aliphatic rings. The summed E-state index contributed by atoms with van der Waals surface area (Å²) in [6.07, 6.45) is 3.30. The van der Waals surface area contributed by atoms with Crippen LogP contribution in [0.3, 0.4) is 0 Å². The topological polar surface area (TPSA) is 92.5 Å². The van der Waals surface area contributed by atoms with E-state index in [-0.39, 0.29) is 46.8 Å². The van der Waals surface area contributed by atoms with Gasteiger partial charge >= 0.3 is 0 Å². The van der Waals surface area contributed by atoms with E-state index in [0.717, 1.165) is 16.6 Å². The molecule has 3 aromatic rings. The number of hydrogen-bond donors (Lipinski definition) is 1. The largest absolute Gasteiger partial charge is 0.355 e. The van der Waals surface area contributed by atoms with Gasteiger partial charge in [-0.3, -0.25) is 4.79 Å². The summed E-state index contributed by atoms with van der Waals surface area (Å²) in [7, 11) is -3.98. The van der Waals surface area contributed by atoms with Gasteiger partial charge in [0.1, 0.15) is 17.3 Å². The molecule has 0 atom stereocenters. The second kappa shape index (κ2) is 10.4. The molecule has 1 amide bonds. The Morgan fingerprint density at radius 3 is 2.60 bits per heavy atom. The molecular weight excluding hydrogens is 544 g/mol. The molecule has 4 rings (SSSR count). The molecule has 11 heteroatoms. The Morgan fingerprint density at radius 1 is 1.17 bits per heavy atom. The molecule has 1 fully saturated rings. The standard InChI is InChI=1S/C24H22BrF2N3O4S/c1-15-23(22(34-29-15)8-6-16-5-7-19(26)14-21(16)27)35(32,33)30-11-9-17(10-12-30)24(31)28-20-4-2-3-18(25)13-20/h2-8,13-14,17H,9-12H2,1H3,(H,28,31). The summed E-state index contributed by atoms with van der Waals surface area (Å²) in [6.45, 7) is 1.81. The minimum Gasteiger partial charge on any atom is -0.355 e. The average Bonchev–Trinajstić information content (AvgIpc) is 3.19. The zero-order valence-corrected chi connectivity index (χ0v) is 21.1. The zero-order chi connectivity index (χ0) is 25.2. The van der Waals surface area contributed by atoms with Gasteiger partial charge < -0.3 is 9.84 Å². The van der Waals surface area contributed by atoms with Gasteiger partial charge in [-0.05, 0) is 62.2 Å². The summed E-state index contributed by atoms with van der Waals surface area (Å²) >= 11 is 3.36. The van der Waals surface area contributed by atoms with Gasteiger partial charge in [-0.25, -0.2) is 17.2 Å². The molecule has 0 spiro atoms. The molecule has 7 nitrogen and oxygen atoms in total. The molecule has 184 valence electrons. The molecule has 1 aliphatic heterocycles. The van der Waals surface area contributed by atoms with E-state index in [1.165, 1.54) is 29.4 Å². The van der Waals surface area contributed by atoms with Crippen LogP contribution in [-0.2, 0) is 14.8 Å². The first-order chi connectivity index (χ1) is 16.6. The average molecular weight is 566 g/mol. The van der Waals surface area contributed by atoms with E-state index < -0.39 is 21.7 Å². The fourth-order valence-electron chi connectivity index (χ4n) is 3.90. The first kappa shape index (κ1) is 25.2. The van der Waals surface area contributed by atoms with Gasteiger partial charge in [-0.1, -0.05) is 27.2 Å². The minimum absolute atomic E-state index is 0.0549. The molecule has 1 aromatic heterocycles. The Hall–Kier alpha value is -2.89. The van der Waals surface area contributed by atoms with Crippen molar-refractivity contribution >= 4 is 49.7 Å². The van der Waals surface area contributed by atoms with Crippen molar-refractivity contribution in [3.8, 4) is 0 Å². The lowest BCUT2D eigenvalue weighted by atomic mass is 9.97. The van der Waals surface area contributed by atoms with Crippen molar-refractivity contribution in [2.45, 2.75) is 24.7 Å². The number of aryl methyl sites for hydroxylation is 1. The number of amides is 1. The third-order valence-electron chi connectivity index (χ3n) is 5.72. The summed E-state index contributed by atoms with van der Waals surface area (Å²) in [5.41, 5.74) is 0.897. The van der Waals surface area contributed by atoms with Crippen LogP contribution in [0.1, 0.15) is 29.9 Å². The molecule has 2 heterocycles. The lowest BCUT2D eigenvalue weighted by Gasteiger charge is -2.30. The third-order valence-corrected chi connectivity index (χ3v) is 8.28. The van der Waals surface area contributed by atoms with Crippen LogP contribution < -0.4 is 5.32 Å². The number of anilines is 1. The molecule has 1 saturated heterocycles.